The highest BCUT2D eigenvalue weighted by molar-refractivity contribution is 7.09. The highest BCUT2D eigenvalue weighted by Gasteiger charge is 2.18. The van der Waals surface area contributed by atoms with Crippen molar-refractivity contribution in [3.05, 3.63) is 34.0 Å². The van der Waals surface area contributed by atoms with E-state index in [2.05, 4.69) is 33.9 Å². The van der Waals surface area contributed by atoms with Crippen molar-refractivity contribution in [2.24, 2.45) is 0 Å². The first-order valence-corrected chi connectivity index (χ1v) is 7.29. The van der Waals surface area contributed by atoms with Crippen LogP contribution < -0.4 is 5.32 Å². The number of aromatic nitrogens is 3. The Morgan fingerprint density at radius 2 is 2.37 bits per heavy atom. The zero-order valence-corrected chi connectivity index (χ0v) is 12.4. The monoisotopic (exact) mass is 280 g/mol. The maximum atomic E-state index is 5.10. The average molecular weight is 280 g/mol. The van der Waals surface area contributed by atoms with Gasteiger partial charge in [0.15, 0.2) is 0 Å². The molecule has 2 heterocycles. The Balaban J connectivity index is 2.18. The third kappa shape index (κ3) is 3.62. The number of aryl methyl sites for hydroxylation is 2. The number of methoxy groups -OCH3 is 1. The van der Waals surface area contributed by atoms with Crippen LogP contribution in [-0.4, -0.2) is 35.0 Å². The standard InChI is InChI=1S/C13H20N4OS/c1-4-17-8-11(7-15-17)12(14-5-6-18-3)13-16-10(2)9-19-13/h7-9,12,14H,4-6H2,1-3H3. The van der Waals surface area contributed by atoms with Gasteiger partial charge < -0.3 is 10.1 Å². The molecule has 1 unspecified atom stereocenters. The molecule has 19 heavy (non-hydrogen) atoms. The molecule has 2 rings (SSSR count). The molecular formula is C13H20N4OS. The van der Waals surface area contributed by atoms with E-state index >= 15 is 0 Å². The van der Waals surface area contributed by atoms with Crippen molar-refractivity contribution in [2.75, 3.05) is 20.3 Å². The molecule has 0 spiro atoms. The molecule has 0 saturated heterocycles. The summed E-state index contributed by atoms with van der Waals surface area (Å²) in [5.74, 6) is 0. The van der Waals surface area contributed by atoms with Crippen LogP contribution in [-0.2, 0) is 11.3 Å². The van der Waals surface area contributed by atoms with Crippen LogP contribution in [0.25, 0.3) is 0 Å². The van der Waals surface area contributed by atoms with Gasteiger partial charge >= 0.3 is 0 Å². The smallest absolute Gasteiger partial charge is 0.114 e. The minimum atomic E-state index is 0.0918. The van der Waals surface area contributed by atoms with Gasteiger partial charge in [0.2, 0.25) is 0 Å². The van der Waals surface area contributed by atoms with Gasteiger partial charge in [-0.1, -0.05) is 0 Å². The summed E-state index contributed by atoms with van der Waals surface area (Å²) in [4.78, 5) is 4.58. The normalized spacial score (nSPS) is 12.8. The summed E-state index contributed by atoms with van der Waals surface area (Å²) < 4.78 is 7.03. The molecule has 0 radical (unpaired) electrons. The summed E-state index contributed by atoms with van der Waals surface area (Å²) in [5.41, 5.74) is 2.20. The Labute approximate surface area is 117 Å². The lowest BCUT2D eigenvalue weighted by Gasteiger charge is -2.14. The summed E-state index contributed by atoms with van der Waals surface area (Å²) >= 11 is 1.68. The van der Waals surface area contributed by atoms with Crippen LogP contribution in [0.3, 0.4) is 0 Å². The van der Waals surface area contributed by atoms with Gasteiger partial charge in [-0.05, 0) is 13.8 Å². The molecule has 1 atom stereocenters. The van der Waals surface area contributed by atoms with Gasteiger partial charge in [0.1, 0.15) is 5.01 Å². The number of rotatable bonds is 7. The van der Waals surface area contributed by atoms with Gasteiger partial charge in [0.05, 0.1) is 18.8 Å². The molecule has 0 saturated carbocycles. The Kier molecular flexibility index (Phi) is 5.07. The maximum absolute atomic E-state index is 5.10. The Morgan fingerprint density at radius 3 is 2.95 bits per heavy atom. The van der Waals surface area contributed by atoms with Gasteiger partial charge in [-0.25, -0.2) is 4.98 Å². The molecule has 6 heteroatoms. The minimum absolute atomic E-state index is 0.0918. The first kappa shape index (κ1) is 14.2. The Hall–Kier alpha value is -1.24. The van der Waals surface area contributed by atoms with Crippen LogP contribution in [0.15, 0.2) is 17.8 Å². The molecule has 0 bridgehead atoms. The van der Waals surface area contributed by atoms with Crippen LogP contribution in [0.5, 0.6) is 0 Å². The summed E-state index contributed by atoms with van der Waals surface area (Å²) in [5, 5.41) is 11.0. The quantitative estimate of drug-likeness (QED) is 0.788. The molecule has 2 aromatic heterocycles. The average Bonchev–Trinajstić information content (AvgIpc) is 3.04. The van der Waals surface area contributed by atoms with Crippen molar-refractivity contribution in [3.63, 3.8) is 0 Å². The van der Waals surface area contributed by atoms with Crippen LogP contribution in [0.4, 0.5) is 0 Å². The number of ether oxygens (including phenoxy) is 1. The van der Waals surface area contributed by atoms with Crippen LogP contribution in [0, 0.1) is 6.92 Å². The van der Waals surface area contributed by atoms with Crippen molar-refractivity contribution in [2.45, 2.75) is 26.4 Å². The molecule has 0 aliphatic carbocycles. The Bertz CT molecular complexity index is 508. The molecule has 0 aliphatic rings. The van der Waals surface area contributed by atoms with E-state index in [-0.39, 0.29) is 6.04 Å². The molecule has 2 aromatic rings. The van der Waals surface area contributed by atoms with Crippen LogP contribution in [0.1, 0.15) is 29.2 Å². The second kappa shape index (κ2) is 6.79. The van der Waals surface area contributed by atoms with E-state index in [4.69, 9.17) is 4.74 Å². The van der Waals surface area contributed by atoms with Gasteiger partial charge in [0.25, 0.3) is 0 Å². The second-order valence-corrected chi connectivity index (χ2v) is 5.23. The lowest BCUT2D eigenvalue weighted by Crippen LogP contribution is -2.25. The fourth-order valence-corrected chi connectivity index (χ4v) is 2.76. The third-order valence-corrected chi connectivity index (χ3v) is 3.88. The van der Waals surface area contributed by atoms with Crippen LogP contribution >= 0.6 is 11.3 Å². The van der Waals surface area contributed by atoms with Gasteiger partial charge in [-0.2, -0.15) is 5.10 Å². The molecular weight excluding hydrogens is 260 g/mol. The van der Waals surface area contributed by atoms with Crippen molar-refractivity contribution < 1.29 is 4.74 Å². The highest BCUT2D eigenvalue weighted by Crippen LogP contribution is 2.24. The lowest BCUT2D eigenvalue weighted by molar-refractivity contribution is 0.197. The fraction of sp³-hybridized carbons (Fsp3) is 0.538. The molecule has 0 fully saturated rings. The number of nitrogens with one attached hydrogen (secondary N) is 1. The Morgan fingerprint density at radius 1 is 1.53 bits per heavy atom. The van der Waals surface area contributed by atoms with Gasteiger partial charge in [-0.3, -0.25) is 4.68 Å². The summed E-state index contributed by atoms with van der Waals surface area (Å²) in [6.45, 7) is 6.45. The van der Waals surface area contributed by atoms with E-state index in [1.54, 1.807) is 18.4 Å². The number of nitrogens with zero attached hydrogens (tertiary/aromatic N) is 3. The van der Waals surface area contributed by atoms with E-state index in [1.165, 1.54) is 0 Å². The first-order chi connectivity index (χ1) is 9.24. The second-order valence-electron chi connectivity index (χ2n) is 4.34. The zero-order valence-electron chi connectivity index (χ0n) is 11.6. The molecule has 5 nitrogen and oxygen atoms in total. The van der Waals surface area contributed by atoms with E-state index in [9.17, 15) is 0 Å². The predicted molar refractivity (Wildman–Crippen MR) is 76.5 cm³/mol. The van der Waals surface area contributed by atoms with Crippen molar-refractivity contribution >= 4 is 11.3 Å². The molecule has 1 N–H and O–H groups in total. The van der Waals surface area contributed by atoms with Crippen molar-refractivity contribution in [1.29, 1.82) is 0 Å². The lowest BCUT2D eigenvalue weighted by atomic mass is 10.1. The zero-order chi connectivity index (χ0) is 13.7. The number of thiazole rings is 1. The summed E-state index contributed by atoms with van der Waals surface area (Å²) in [6.07, 6.45) is 3.98. The highest BCUT2D eigenvalue weighted by atomic mass is 32.1. The molecule has 0 amide bonds. The van der Waals surface area contributed by atoms with E-state index < -0.39 is 0 Å². The van der Waals surface area contributed by atoms with Gasteiger partial charge in [0, 0.05) is 43.0 Å². The minimum Gasteiger partial charge on any atom is -0.383 e. The van der Waals surface area contributed by atoms with Crippen LogP contribution in [0.2, 0.25) is 0 Å². The van der Waals surface area contributed by atoms with E-state index in [1.807, 2.05) is 17.8 Å². The predicted octanol–water partition coefficient (Wildman–Crippen LogP) is 1.99. The van der Waals surface area contributed by atoms with Crippen molar-refractivity contribution in [3.8, 4) is 0 Å². The summed E-state index contributed by atoms with van der Waals surface area (Å²) in [7, 11) is 1.71. The first-order valence-electron chi connectivity index (χ1n) is 6.41. The fourth-order valence-electron chi connectivity index (χ4n) is 1.86. The number of hydrogen-bond donors (Lipinski definition) is 1. The van der Waals surface area contributed by atoms with E-state index in [0.717, 1.165) is 29.4 Å². The SMILES string of the molecule is CCn1cc(C(NCCOC)c2nc(C)cs2)cn1. The largest absolute Gasteiger partial charge is 0.383 e. The molecule has 104 valence electrons. The third-order valence-electron chi connectivity index (χ3n) is 2.85. The topological polar surface area (TPSA) is 52.0 Å². The number of hydrogen-bond acceptors (Lipinski definition) is 5. The van der Waals surface area contributed by atoms with E-state index in [0.29, 0.717) is 6.61 Å². The molecule has 0 aromatic carbocycles. The van der Waals surface area contributed by atoms with Crippen molar-refractivity contribution in [1.82, 2.24) is 20.1 Å². The van der Waals surface area contributed by atoms with Gasteiger partial charge in [-0.15, -0.1) is 11.3 Å². The molecule has 0 aliphatic heterocycles. The summed E-state index contributed by atoms with van der Waals surface area (Å²) in [6, 6.07) is 0.0918. The maximum Gasteiger partial charge on any atom is 0.114 e.